The molecule has 0 heterocycles. The number of amides is 1. The van der Waals surface area contributed by atoms with Gasteiger partial charge in [0.25, 0.3) is 0 Å². The number of benzene rings is 1. The summed E-state index contributed by atoms with van der Waals surface area (Å²) in [6, 6.07) is 5.68. The molecule has 0 spiro atoms. The van der Waals surface area contributed by atoms with E-state index in [0.717, 1.165) is 16.8 Å². The Morgan fingerprint density at radius 2 is 2.25 bits per heavy atom. The Labute approximate surface area is 120 Å². The lowest BCUT2D eigenvalue weighted by molar-refractivity contribution is -0.116. The Bertz CT molecular complexity index is 515. The van der Waals surface area contributed by atoms with E-state index in [2.05, 4.69) is 17.2 Å². The van der Waals surface area contributed by atoms with Crippen molar-refractivity contribution in [3.8, 4) is 11.8 Å². The molecule has 0 aliphatic carbocycles. The van der Waals surface area contributed by atoms with Crippen molar-refractivity contribution >= 4 is 11.6 Å². The fraction of sp³-hybridized carbons (Fsp3) is 0.438. The average molecular weight is 274 g/mol. The average Bonchev–Trinajstić information content (AvgIpc) is 2.45. The molecule has 0 fully saturated rings. The van der Waals surface area contributed by atoms with Crippen LogP contribution in [0.4, 0.5) is 5.69 Å². The molecule has 1 rings (SSSR count). The van der Waals surface area contributed by atoms with Crippen LogP contribution >= 0.6 is 0 Å². The molecule has 0 aliphatic rings. The van der Waals surface area contributed by atoms with Crippen molar-refractivity contribution in [2.45, 2.75) is 32.8 Å². The summed E-state index contributed by atoms with van der Waals surface area (Å²) in [5.74, 6) is 5.80. The molecule has 1 aromatic rings. The van der Waals surface area contributed by atoms with E-state index in [-0.39, 0.29) is 12.0 Å². The number of rotatable bonds is 5. The van der Waals surface area contributed by atoms with Crippen LogP contribution in [-0.2, 0) is 9.53 Å². The van der Waals surface area contributed by atoms with Gasteiger partial charge in [-0.15, -0.1) is 0 Å². The lowest BCUT2D eigenvalue weighted by atomic mass is 10.1. The molecule has 0 aromatic heterocycles. The van der Waals surface area contributed by atoms with E-state index in [9.17, 15) is 4.79 Å². The van der Waals surface area contributed by atoms with Gasteiger partial charge in [0.2, 0.25) is 5.91 Å². The van der Waals surface area contributed by atoms with Crippen LogP contribution in [-0.4, -0.2) is 25.7 Å². The number of nitrogens with one attached hydrogen (secondary N) is 1. The second-order valence-corrected chi connectivity index (χ2v) is 4.67. The summed E-state index contributed by atoms with van der Waals surface area (Å²) < 4.78 is 5.12. The molecule has 4 heteroatoms. The predicted molar refractivity (Wildman–Crippen MR) is 81.4 cm³/mol. The van der Waals surface area contributed by atoms with Crippen molar-refractivity contribution < 1.29 is 9.53 Å². The van der Waals surface area contributed by atoms with E-state index in [4.69, 9.17) is 10.5 Å². The number of hydrogen-bond acceptors (Lipinski definition) is 3. The standard InChI is InChI=1S/C16H22N2O2/c1-12-6-8-15(11-14(12)5-4-10-17)18-16(19)9-7-13(2)20-3/h6,8,11,13H,7,9-10,17H2,1-3H3,(H,18,19). The van der Waals surface area contributed by atoms with Crippen molar-refractivity contribution in [3.05, 3.63) is 29.3 Å². The number of carbonyl (C=O) groups excluding carboxylic acids is 1. The number of nitrogens with two attached hydrogens (primary N) is 1. The third-order valence-corrected chi connectivity index (χ3v) is 3.03. The Morgan fingerprint density at radius 3 is 2.90 bits per heavy atom. The van der Waals surface area contributed by atoms with Crippen molar-refractivity contribution in [1.82, 2.24) is 0 Å². The highest BCUT2D eigenvalue weighted by Gasteiger charge is 2.07. The number of anilines is 1. The third kappa shape index (κ3) is 5.43. The van der Waals surface area contributed by atoms with Gasteiger partial charge < -0.3 is 15.8 Å². The van der Waals surface area contributed by atoms with Crippen molar-refractivity contribution in [1.29, 1.82) is 0 Å². The summed E-state index contributed by atoms with van der Waals surface area (Å²) >= 11 is 0. The fourth-order valence-corrected chi connectivity index (χ4v) is 1.66. The summed E-state index contributed by atoms with van der Waals surface area (Å²) in [5, 5.41) is 2.87. The van der Waals surface area contributed by atoms with Gasteiger partial charge in [-0.2, -0.15) is 0 Å². The number of hydrogen-bond donors (Lipinski definition) is 2. The first kappa shape index (κ1) is 16.2. The Balaban J connectivity index is 2.66. The van der Waals surface area contributed by atoms with Crippen LogP contribution in [0.3, 0.4) is 0 Å². The smallest absolute Gasteiger partial charge is 0.224 e. The first-order valence-corrected chi connectivity index (χ1v) is 6.69. The zero-order valence-corrected chi connectivity index (χ0v) is 12.3. The molecule has 0 radical (unpaired) electrons. The highest BCUT2D eigenvalue weighted by molar-refractivity contribution is 5.90. The molecule has 1 atom stereocenters. The normalized spacial score (nSPS) is 11.4. The summed E-state index contributed by atoms with van der Waals surface area (Å²) in [6.07, 6.45) is 1.23. The molecule has 3 N–H and O–H groups in total. The van der Waals surface area contributed by atoms with Crippen LogP contribution in [0.5, 0.6) is 0 Å². The maximum Gasteiger partial charge on any atom is 0.224 e. The van der Waals surface area contributed by atoms with Crippen LogP contribution < -0.4 is 11.1 Å². The van der Waals surface area contributed by atoms with E-state index in [1.165, 1.54) is 0 Å². The summed E-state index contributed by atoms with van der Waals surface area (Å²) in [6.45, 7) is 4.25. The van der Waals surface area contributed by atoms with Gasteiger partial charge >= 0.3 is 0 Å². The Hall–Kier alpha value is -1.83. The van der Waals surface area contributed by atoms with Gasteiger partial charge in [-0.05, 0) is 38.0 Å². The molecular formula is C16H22N2O2. The number of aryl methyl sites for hydroxylation is 1. The van der Waals surface area contributed by atoms with E-state index in [1.807, 2.05) is 32.0 Å². The zero-order valence-electron chi connectivity index (χ0n) is 12.3. The molecule has 0 aliphatic heterocycles. The second kappa shape index (κ2) is 8.36. The third-order valence-electron chi connectivity index (χ3n) is 3.03. The van der Waals surface area contributed by atoms with Gasteiger partial charge in [0.15, 0.2) is 0 Å². The summed E-state index contributed by atoms with van der Waals surface area (Å²) in [7, 11) is 1.64. The van der Waals surface area contributed by atoms with Crippen LogP contribution in [0.1, 0.15) is 30.9 Å². The highest BCUT2D eigenvalue weighted by atomic mass is 16.5. The zero-order chi connectivity index (χ0) is 15.0. The lowest BCUT2D eigenvalue weighted by Gasteiger charge is -2.10. The van der Waals surface area contributed by atoms with Crippen LogP contribution in [0.25, 0.3) is 0 Å². The predicted octanol–water partition coefficient (Wildman–Crippen LogP) is 2.06. The second-order valence-electron chi connectivity index (χ2n) is 4.67. The Morgan fingerprint density at radius 1 is 1.50 bits per heavy atom. The topological polar surface area (TPSA) is 64.3 Å². The molecule has 108 valence electrons. The van der Waals surface area contributed by atoms with Crippen molar-refractivity contribution in [3.63, 3.8) is 0 Å². The highest BCUT2D eigenvalue weighted by Crippen LogP contribution is 2.15. The SMILES string of the molecule is COC(C)CCC(=O)Nc1ccc(C)c(C#CCN)c1. The van der Waals surface area contributed by atoms with Gasteiger partial charge in [0, 0.05) is 24.8 Å². The molecule has 1 amide bonds. The van der Waals surface area contributed by atoms with Gasteiger partial charge in [-0.1, -0.05) is 17.9 Å². The molecule has 4 nitrogen and oxygen atoms in total. The summed E-state index contributed by atoms with van der Waals surface area (Å²) in [5.41, 5.74) is 8.08. The van der Waals surface area contributed by atoms with E-state index in [1.54, 1.807) is 7.11 Å². The molecule has 0 bridgehead atoms. The van der Waals surface area contributed by atoms with E-state index in [0.29, 0.717) is 19.4 Å². The maximum atomic E-state index is 11.8. The minimum atomic E-state index is -0.0181. The van der Waals surface area contributed by atoms with Crippen LogP contribution in [0, 0.1) is 18.8 Å². The van der Waals surface area contributed by atoms with Crippen molar-refractivity contribution in [2.75, 3.05) is 19.0 Å². The number of methoxy groups -OCH3 is 1. The summed E-state index contributed by atoms with van der Waals surface area (Å²) in [4.78, 5) is 11.8. The van der Waals surface area contributed by atoms with Gasteiger partial charge in [0.1, 0.15) is 0 Å². The van der Waals surface area contributed by atoms with Gasteiger partial charge in [-0.3, -0.25) is 4.79 Å². The quantitative estimate of drug-likeness (QED) is 0.808. The number of ether oxygens (including phenoxy) is 1. The first-order chi connectivity index (χ1) is 9.56. The van der Waals surface area contributed by atoms with Crippen LogP contribution in [0.2, 0.25) is 0 Å². The van der Waals surface area contributed by atoms with Crippen molar-refractivity contribution in [2.24, 2.45) is 5.73 Å². The lowest BCUT2D eigenvalue weighted by Crippen LogP contribution is -2.15. The first-order valence-electron chi connectivity index (χ1n) is 6.69. The van der Waals surface area contributed by atoms with E-state index >= 15 is 0 Å². The number of carbonyl (C=O) groups is 1. The molecule has 1 unspecified atom stereocenters. The molecule has 0 saturated heterocycles. The van der Waals surface area contributed by atoms with Gasteiger partial charge in [-0.25, -0.2) is 0 Å². The molecular weight excluding hydrogens is 252 g/mol. The minimum absolute atomic E-state index is 0.0181. The fourth-order valence-electron chi connectivity index (χ4n) is 1.66. The largest absolute Gasteiger partial charge is 0.382 e. The van der Waals surface area contributed by atoms with E-state index < -0.39 is 0 Å². The minimum Gasteiger partial charge on any atom is -0.382 e. The maximum absolute atomic E-state index is 11.8. The van der Waals surface area contributed by atoms with Crippen LogP contribution in [0.15, 0.2) is 18.2 Å². The Kier molecular flexibility index (Phi) is 6.78. The molecule has 0 saturated carbocycles. The molecule has 20 heavy (non-hydrogen) atoms. The van der Waals surface area contributed by atoms with Gasteiger partial charge in [0.05, 0.1) is 12.6 Å². The monoisotopic (exact) mass is 274 g/mol. The molecule has 1 aromatic carbocycles.